The molecule has 8 aromatic carbocycles. The van der Waals surface area contributed by atoms with Gasteiger partial charge in [0.1, 0.15) is 0 Å². The lowest BCUT2D eigenvalue weighted by Gasteiger charge is -2.31. The summed E-state index contributed by atoms with van der Waals surface area (Å²) in [4.78, 5) is 2.56. The smallest absolute Gasteiger partial charge is 0.0640 e. The first-order valence-electron chi connectivity index (χ1n) is 20.7. The fraction of sp³-hybridized carbons (Fsp3) is 0.0877. The predicted octanol–water partition coefficient (Wildman–Crippen LogP) is 16.4. The van der Waals surface area contributed by atoms with E-state index in [1.165, 1.54) is 92.6 Å². The molecule has 2 aliphatic carbocycles. The van der Waals surface area contributed by atoms with E-state index in [4.69, 9.17) is 0 Å². The second kappa shape index (κ2) is 14.3. The van der Waals surface area contributed by atoms with Crippen LogP contribution in [0.5, 0.6) is 0 Å². The van der Waals surface area contributed by atoms with Crippen LogP contribution >= 0.6 is 11.3 Å². The van der Waals surface area contributed by atoms with Crippen molar-refractivity contribution in [1.82, 2.24) is 0 Å². The summed E-state index contributed by atoms with van der Waals surface area (Å²) in [5.41, 5.74) is 18.9. The molecule has 0 unspecified atom stereocenters. The Labute approximate surface area is 350 Å². The Bertz CT molecular complexity index is 3140. The summed E-state index contributed by atoms with van der Waals surface area (Å²) in [5.74, 6) is 0. The normalized spacial score (nSPS) is 14.1. The lowest BCUT2D eigenvalue weighted by molar-refractivity contribution is 0.660. The average Bonchev–Trinajstić information content (AvgIpc) is 3.80. The van der Waals surface area contributed by atoms with Gasteiger partial charge in [-0.2, -0.15) is 0 Å². The van der Waals surface area contributed by atoms with E-state index in [0.717, 1.165) is 24.2 Å². The van der Waals surface area contributed by atoms with Gasteiger partial charge in [-0.15, -0.1) is 11.3 Å². The van der Waals surface area contributed by atoms with E-state index >= 15 is 0 Å². The topological polar surface area (TPSA) is 3.24 Å². The number of rotatable bonds is 7. The van der Waals surface area contributed by atoms with Crippen LogP contribution in [-0.2, 0) is 5.41 Å². The fourth-order valence-corrected chi connectivity index (χ4v) is 11.1. The van der Waals surface area contributed by atoms with Crippen molar-refractivity contribution >= 4 is 59.7 Å². The molecule has 0 saturated carbocycles. The molecule has 0 fully saturated rings. The molecule has 59 heavy (non-hydrogen) atoms. The third kappa shape index (κ3) is 5.74. The van der Waals surface area contributed by atoms with Crippen LogP contribution in [0, 0.1) is 0 Å². The Morgan fingerprint density at radius 1 is 0.458 bits per heavy atom. The quantitative estimate of drug-likeness (QED) is 0.156. The highest BCUT2D eigenvalue weighted by Gasteiger charge is 2.37. The molecule has 0 atom stereocenters. The zero-order chi connectivity index (χ0) is 39.5. The summed E-state index contributed by atoms with van der Waals surface area (Å²) in [6.45, 7) is 4.74. The molecule has 0 radical (unpaired) electrons. The maximum Gasteiger partial charge on any atom is 0.0640 e. The van der Waals surface area contributed by atoms with Gasteiger partial charge in [0, 0.05) is 32.0 Å². The Morgan fingerprint density at radius 2 is 1.02 bits per heavy atom. The number of benzene rings is 8. The SMILES string of the molecule is CC1(C)c2ccccc2-c2c(-c3ccccc3N(c3ccccc3-c3ccccc3C3=C(c4ccccc4)CCC=C3)c3cccc4c3sc3ccccc34)cccc21. The highest BCUT2D eigenvalue weighted by atomic mass is 32.1. The maximum absolute atomic E-state index is 2.56. The molecule has 0 bridgehead atoms. The molecule has 2 heteroatoms. The number of thiophene rings is 1. The molecule has 9 aromatic rings. The second-order valence-corrected chi connectivity index (χ2v) is 17.3. The fourth-order valence-electron chi connectivity index (χ4n) is 9.88. The van der Waals surface area contributed by atoms with E-state index < -0.39 is 0 Å². The van der Waals surface area contributed by atoms with Crippen molar-refractivity contribution < 1.29 is 0 Å². The van der Waals surface area contributed by atoms with Crippen LogP contribution in [0.1, 0.15) is 48.9 Å². The molecule has 2 aliphatic rings. The molecule has 0 aliphatic heterocycles. The van der Waals surface area contributed by atoms with Crippen molar-refractivity contribution in [2.45, 2.75) is 32.1 Å². The summed E-state index contributed by atoms with van der Waals surface area (Å²) in [6, 6.07) is 69.7. The third-order valence-electron chi connectivity index (χ3n) is 12.6. The first kappa shape index (κ1) is 35.4. The number of hydrogen-bond acceptors (Lipinski definition) is 2. The molecular formula is C57H43NS. The van der Waals surface area contributed by atoms with Crippen molar-refractivity contribution in [3.63, 3.8) is 0 Å². The van der Waals surface area contributed by atoms with Crippen LogP contribution in [0.4, 0.5) is 17.1 Å². The Hall–Kier alpha value is -6.74. The van der Waals surface area contributed by atoms with Gasteiger partial charge in [-0.05, 0) is 92.8 Å². The average molecular weight is 774 g/mol. The van der Waals surface area contributed by atoms with Crippen molar-refractivity contribution in [2.75, 3.05) is 4.90 Å². The molecule has 0 saturated heterocycles. The van der Waals surface area contributed by atoms with E-state index in [0.29, 0.717) is 0 Å². The minimum absolute atomic E-state index is 0.101. The van der Waals surface area contributed by atoms with Gasteiger partial charge in [0.25, 0.3) is 0 Å². The standard InChI is InChI=1S/C57H43NS/c1-57(2)49-32-14-10-29-48(49)55-46(30-18-33-50(55)57)44-27-12-16-35-52(44)58(53-36-19-31-47-45-28-13-17-37-54(45)59-56(47)53)51-34-15-11-26-43(51)42-25-9-8-24-41(42)40-23-7-6-22-39(40)38-20-4-3-5-21-38/h3-5,7-21,23-37H,6,22H2,1-2H3. The molecule has 1 aromatic heterocycles. The lowest BCUT2D eigenvalue weighted by atomic mass is 9.82. The molecule has 11 rings (SSSR count). The van der Waals surface area contributed by atoms with Gasteiger partial charge in [0.2, 0.25) is 0 Å². The molecule has 282 valence electrons. The minimum atomic E-state index is -0.101. The Morgan fingerprint density at radius 3 is 1.81 bits per heavy atom. The van der Waals surface area contributed by atoms with Crippen molar-refractivity contribution in [3.05, 3.63) is 222 Å². The lowest BCUT2D eigenvalue weighted by Crippen LogP contribution is -2.15. The van der Waals surface area contributed by atoms with Gasteiger partial charge >= 0.3 is 0 Å². The number of para-hydroxylation sites is 2. The van der Waals surface area contributed by atoms with Crippen molar-refractivity contribution in [3.8, 4) is 33.4 Å². The highest BCUT2D eigenvalue weighted by molar-refractivity contribution is 7.26. The largest absolute Gasteiger partial charge is 0.308 e. The van der Waals surface area contributed by atoms with Gasteiger partial charge in [0.15, 0.2) is 0 Å². The van der Waals surface area contributed by atoms with Crippen LogP contribution in [0.2, 0.25) is 0 Å². The predicted molar refractivity (Wildman–Crippen MR) is 254 cm³/mol. The van der Waals surface area contributed by atoms with E-state index in [9.17, 15) is 0 Å². The van der Waals surface area contributed by atoms with Crippen molar-refractivity contribution in [2.24, 2.45) is 0 Å². The Balaban J connectivity index is 1.20. The summed E-state index contributed by atoms with van der Waals surface area (Å²) < 4.78 is 2.58. The maximum atomic E-state index is 2.56. The number of nitrogens with zero attached hydrogens (tertiary/aromatic N) is 1. The third-order valence-corrected chi connectivity index (χ3v) is 13.8. The monoisotopic (exact) mass is 773 g/mol. The second-order valence-electron chi connectivity index (χ2n) is 16.3. The molecular weight excluding hydrogens is 731 g/mol. The molecule has 0 amide bonds. The molecule has 1 nitrogen and oxygen atoms in total. The first-order valence-corrected chi connectivity index (χ1v) is 21.6. The van der Waals surface area contributed by atoms with Gasteiger partial charge in [0.05, 0.1) is 21.8 Å². The Kier molecular flexibility index (Phi) is 8.57. The summed E-state index contributed by atoms with van der Waals surface area (Å²) >= 11 is 1.89. The number of allylic oxidation sites excluding steroid dienone is 4. The first-order chi connectivity index (χ1) is 29.1. The van der Waals surface area contributed by atoms with E-state index in [1.54, 1.807) is 0 Å². The number of anilines is 3. The van der Waals surface area contributed by atoms with Crippen LogP contribution in [0.25, 0.3) is 64.7 Å². The van der Waals surface area contributed by atoms with Crippen LogP contribution in [0.15, 0.2) is 200 Å². The van der Waals surface area contributed by atoms with Gasteiger partial charge in [-0.1, -0.05) is 190 Å². The van der Waals surface area contributed by atoms with Crippen LogP contribution in [-0.4, -0.2) is 0 Å². The van der Waals surface area contributed by atoms with Gasteiger partial charge in [-0.25, -0.2) is 0 Å². The van der Waals surface area contributed by atoms with E-state index in [-0.39, 0.29) is 5.41 Å². The molecule has 0 spiro atoms. The zero-order valence-corrected chi connectivity index (χ0v) is 34.1. The van der Waals surface area contributed by atoms with Crippen LogP contribution in [0.3, 0.4) is 0 Å². The zero-order valence-electron chi connectivity index (χ0n) is 33.3. The van der Waals surface area contributed by atoms with E-state index in [2.05, 4.69) is 219 Å². The minimum Gasteiger partial charge on any atom is -0.308 e. The van der Waals surface area contributed by atoms with E-state index in [1.807, 2.05) is 11.3 Å². The molecule has 0 N–H and O–H groups in total. The number of fused-ring (bicyclic) bond motifs is 6. The molecule has 1 heterocycles. The summed E-state index contributed by atoms with van der Waals surface area (Å²) in [5, 5.41) is 2.58. The van der Waals surface area contributed by atoms with Crippen molar-refractivity contribution in [1.29, 1.82) is 0 Å². The van der Waals surface area contributed by atoms with Gasteiger partial charge < -0.3 is 4.90 Å². The summed E-state index contributed by atoms with van der Waals surface area (Å²) in [6.07, 6.45) is 6.75. The van der Waals surface area contributed by atoms with Crippen LogP contribution < -0.4 is 4.90 Å². The highest BCUT2D eigenvalue weighted by Crippen LogP contribution is 2.55. The summed E-state index contributed by atoms with van der Waals surface area (Å²) in [7, 11) is 0. The number of hydrogen-bond donors (Lipinski definition) is 0. The van der Waals surface area contributed by atoms with Gasteiger partial charge in [-0.3, -0.25) is 0 Å².